The Labute approximate surface area is 285 Å². The highest BCUT2D eigenvalue weighted by Gasteiger charge is 2.35. The Morgan fingerprint density at radius 2 is 1.18 bits per heavy atom. The van der Waals surface area contributed by atoms with E-state index in [0.717, 1.165) is 50.2 Å². The molecule has 0 saturated carbocycles. The van der Waals surface area contributed by atoms with Crippen molar-refractivity contribution in [2.75, 3.05) is 0 Å². The van der Waals surface area contributed by atoms with Crippen LogP contribution in [0.25, 0.3) is 72.7 Å². The first-order valence-corrected chi connectivity index (χ1v) is 16.6. The van der Waals surface area contributed by atoms with Crippen LogP contribution in [0.15, 0.2) is 158 Å². The number of hydrogen-bond acceptors (Lipinski definition) is 3. The van der Waals surface area contributed by atoms with Gasteiger partial charge in [-0.15, -0.1) is 0 Å². The molecule has 4 heteroatoms. The number of phenolic OH excluding ortho intramolecular Hbond substituents is 1. The predicted octanol–water partition coefficient (Wildman–Crippen LogP) is 11.1. The van der Waals surface area contributed by atoms with Crippen LogP contribution in [0.4, 0.5) is 0 Å². The summed E-state index contributed by atoms with van der Waals surface area (Å²) < 4.78 is 2.14. The van der Waals surface area contributed by atoms with E-state index < -0.39 is 0 Å². The number of phenols is 1. The van der Waals surface area contributed by atoms with E-state index >= 15 is 0 Å². The molecule has 8 aromatic rings. The van der Waals surface area contributed by atoms with Crippen molar-refractivity contribution >= 4 is 11.0 Å². The van der Waals surface area contributed by atoms with Crippen LogP contribution in [0.1, 0.15) is 25.0 Å². The van der Waals surface area contributed by atoms with E-state index in [0.29, 0.717) is 11.4 Å². The number of imidazole rings is 1. The van der Waals surface area contributed by atoms with E-state index in [2.05, 4.69) is 122 Å². The fraction of sp³-hybridized carbons (Fsp3) is 0.0667. The average molecular weight is 632 g/mol. The Kier molecular flexibility index (Phi) is 6.60. The molecule has 0 spiro atoms. The number of aromatic hydroxyl groups is 1. The van der Waals surface area contributed by atoms with Crippen molar-refractivity contribution in [1.29, 1.82) is 0 Å². The molecular weight excluding hydrogens is 599 g/mol. The molecule has 1 aliphatic rings. The van der Waals surface area contributed by atoms with Gasteiger partial charge in [0.25, 0.3) is 0 Å². The normalized spacial score (nSPS) is 12.9. The second kappa shape index (κ2) is 11.2. The van der Waals surface area contributed by atoms with Gasteiger partial charge in [0, 0.05) is 34.0 Å². The van der Waals surface area contributed by atoms with Crippen LogP contribution in [0.5, 0.6) is 5.75 Å². The summed E-state index contributed by atoms with van der Waals surface area (Å²) in [6.45, 7) is 4.61. The third kappa shape index (κ3) is 4.68. The standard InChI is InChI=1S/C45H33N3O/c1-45(2)38-21-11-9-18-35(38)37-28-46-40(27-39(37)45)32-25-30(29-14-5-3-6-15-29)24-31(26-32)34-20-13-22-41-43(34)47-44(36-19-10-12-23-42(36)49)48(41)33-16-7-4-8-17-33/h3-28,49H,1-2H3. The maximum Gasteiger partial charge on any atom is 0.149 e. The zero-order chi connectivity index (χ0) is 33.1. The van der Waals surface area contributed by atoms with Crippen LogP contribution < -0.4 is 0 Å². The first-order chi connectivity index (χ1) is 24.0. The lowest BCUT2D eigenvalue weighted by Crippen LogP contribution is -2.15. The van der Waals surface area contributed by atoms with E-state index in [1.807, 2.05) is 48.7 Å². The zero-order valence-electron chi connectivity index (χ0n) is 27.3. The highest BCUT2D eigenvalue weighted by atomic mass is 16.3. The van der Waals surface area contributed by atoms with Crippen LogP contribution in [-0.2, 0) is 5.41 Å². The molecule has 1 N–H and O–H groups in total. The fourth-order valence-electron chi connectivity index (χ4n) is 7.50. The third-order valence-corrected chi connectivity index (χ3v) is 9.96. The summed E-state index contributed by atoms with van der Waals surface area (Å²) in [5.74, 6) is 0.880. The quantitative estimate of drug-likeness (QED) is 0.206. The summed E-state index contributed by atoms with van der Waals surface area (Å²) in [5, 5.41) is 11.0. The molecule has 0 bridgehead atoms. The van der Waals surface area contributed by atoms with Gasteiger partial charge in [-0.2, -0.15) is 0 Å². The monoisotopic (exact) mass is 631 g/mol. The van der Waals surface area contributed by atoms with Crippen molar-refractivity contribution in [2.24, 2.45) is 0 Å². The van der Waals surface area contributed by atoms with E-state index in [4.69, 9.17) is 9.97 Å². The second-order valence-corrected chi connectivity index (χ2v) is 13.2. The molecule has 0 radical (unpaired) electrons. The summed E-state index contributed by atoms with van der Waals surface area (Å²) in [6, 6.07) is 52.2. The van der Waals surface area contributed by atoms with Crippen molar-refractivity contribution in [3.63, 3.8) is 0 Å². The van der Waals surface area contributed by atoms with Crippen LogP contribution in [0, 0.1) is 0 Å². The Hall–Kier alpha value is -6.26. The molecule has 0 aliphatic heterocycles. The van der Waals surface area contributed by atoms with E-state index in [9.17, 15) is 5.11 Å². The van der Waals surface area contributed by atoms with Gasteiger partial charge in [0.1, 0.15) is 11.6 Å². The minimum Gasteiger partial charge on any atom is -0.507 e. The minimum atomic E-state index is -0.126. The number of rotatable bonds is 5. The molecule has 0 amide bonds. The Balaban J connectivity index is 1.28. The van der Waals surface area contributed by atoms with Gasteiger partial charge in [-0.3, -0.25) is 9.55 Å². The average Bonchev–Trinajstić information content (AvgIpc) is 3.65. The zero-order valence-corrected chi connectivity index (χ0v) is 27.3. The molecule has 49 heavy (non-hydrogen) atoms. The molecule has 1 aliphatic carbocycles. The molecular formula is C45H33N3O. The SMILES string of the molecule is CC1(C)c2ccccc2-c2cnc(-c3cc(-c4ccccc4)cc(-c4cccc5c4nc(-c4ccccc4O)n5-c4ccccc4)c3)cc21. The van der Waals surface area contributed by atoms with Crippen LogP contribution in [0.2, 0.25) is 0 Å². The topological polar surface area (TPSA) is 50.9 Å². The Morgan fingerprint density at radius 1 is 0.531 bits per heavy atom. The van der Waals surface area contributed by atoms with E-state index in [-0.39, 0.29) is 11.2 Å². The Morgan fingerprint density at radius 3 is 1.98 bits per heavy atom. The molecule has 0 saturated heterocycles. The first-order valence-electron chi connectivity index (χ1n) is 16.6. The third-order valence-electron chi connectivity index (χ3n) is 9.96. The summed E-state index contributed by atoms with van der Waals surface area (Å²) in [7, 11) is 0. The van der Waals surface area contributed by atoms with Crippen molar-refractivity contribution in [3.8, 4) is 67.5 Å². The maximum absolute atomic E-state index is 11.0. The molecule has 234 valence electrons. The van der Waals surface area contributed by atoms with Gasteiger partial charge < -0.3 is 5.11 Å². The lowest BCUT2D eigenvalue weighted by molar-refractivity contribution is 0.477. The highest BCUT2D eigenvalue weighted by Crippen LogP contribution is 2.49. The van der Waals surface area contributed by atoms with Gasteiger partial charge in [0.05, 0.1) is 22.3 Å². The fourth-order valence-corrected chi connectivity index (χ4v) is 7.50. The summed E-state index contributed by atoms with van der Waals surface area (Å²) in [6.07, 6.45) is 2.05. The van der Waals surface area contributed by atoms with Gasteiger partial charge >= 0.3 is 0 Å². The summed E-state index contributed by atoms with van der Waals surface area (Å²) in [4.78, 5) is 10.4. The van der Waals surface area contributed by atoms with E-state index in [1.165, 1.54) is 22.3 Å². The lowest BCUT2D eigenvalue weighted by Gasteiger charge is -2.21. The van der Waals surface area contributed by atoms with Crippen LogP contribution in [-0.4, -0.2) is 19.6 Å². The molecule has 2 heterocycles. The van der Waals surface area contributed by atoms with Crippen molar-refractivity contribution in [2.45, 2.75) is 19.3 Å². The first kappa shape index (κ1) is 28.9. The number of fused-ring (bicyclic) bond motifs is 4. The van der Waals surface area contributed by atoms with Gasteiger partial charge in [-0.05, 0) is 88.0 Å². The molecule has 0 unspecified atom stereocenters. The smallest absolute Gasteiger partial charge is 0.149 e. The largest absolute Gasteiger partial charge is 0.507 e. The molecule has 4 nitrogen and oxygen atoms in total. The van der Waals surface area contributed by atoms with Crippen molar-refractivity contribution < 1.29 is 5.11 Å². The molecule has 6 aromatic carbocycles. The maximum atomic E-state index is 11.0. The van der Waals surface area contributed by atoms with Gasteiger partial charge in [-0.25, -0.2) is 4.98 Å². The second-order valence-electron chi connectivity index (χ2n) is 13.2. The Bertz CT molecular complexity index is 2530. The number of nitrogens with zero attached hydrogens (tertiary/aromatic N) is 3. The summed E-state index contributed by atoms with van der Waals surface area (Å²) >= 11 is 0. The highest BCUT2D eigenvalue weighted by molar-refractivity contribution is 5.97. The van der Waals surface area contributed by atoms with Crippen molar-refractivity contribution in [1.82, 2.24) is 14.5 Å². The lowest BCUT2D eigenvalue weighted by atomic mass is 9.82. The number of para-hydroxylation sites is 3. The van der Waals surface area contributed by atoms with E-state index in [1.54, 1.807) is 6.07 Å². The van der Waals surface area contributed by atoms with Gasteiger partial charge in [-0.1, -0.05) is 111 Å². The molecule has 9 rings (SSSR count). The molecule has 0 atom stereocenters. The van der Waals surface area contributed by atoms with Gasteiger partial charge in [0.15, 0.2) is 0 Å². The van der Waals surface area contributed by atoms with Gasteiger partial charge in [0.2, 0.25) is 0 Å². The molecule has 2 aromatic heterocycles. The van der Waals surface area contributed by atoms with Crippen LogP contribution >= 0.6 is 0 Å². The number of hydrogen-bond donors (Lipinski definition) is 1. The number of pyridine rings is 1. The summed E-state index contributed by atoms with van der Waals surface area (Å²) in [5.41, 5.74) is 14.7. The molecule has 0 fully saturated rings. The number of aromatic nitrogens is 3. The predicted molar refractivity (Wildman–Crippen MR) is 200 cm³/mol. The van der Waals surface area contributed by atoms with Crippen LogP contribution in [0.3, 0.4) is 0 Å². The minimum absolute atomic E-state index is 0.126. The van der Waals surface area contributed by atoms with Crippen molar-refractivity contribution in [3.05, 3.63) is 169 Å². The number of benzene rings is 6.